The molecular formula is C23H32N4O2S. The van der Waals surface area contributed by atoms with Gasteiger partial charge in [-0.15, -0.1) is 11.3 Å². The molecule has 2 saturated heterocycles. The molecular weight excluding hydrogens is 396 g/mol. The molecule has 0 saturated carbocycles. The van der Waals surface area contributed by atoms with Crippen LogP contribution in [0.1, 0.15) is 36.6 Å². The van der Waals surface area contributed by atoms with E-state index >= 15 is 0 Å². The second-order valence-electron chi connectivity index (χ2n) is 8.09. The van der Waals surface area contributed by atoms with Crippen LogP contribution in [0.4, 0.5) is 10.5 Å². The van der Waals surface area contributed by atoms with Gasteiger partial charge in [-0.05, 0) is 74.5 Å². The number of thiophene rings is 1. The molecule has 0 radical (unpaired) electrons. The molecule has 2 amide bonds. The predicted molar refractivity (Wildman–Crippen MR) is 123 cm³/mol. The van der Waals surface area contributed by atoms with Gasteiger partial charge in [-0.3, -0.25) is 4.90 Å². The molecule has 162 valence electrons. The van der Waals surface area contributed by atoms with Crippen LogP contribution >= 0.6 is 11.3 Å². The zero-order valence-corrected chi connectivity index (χ0v) is 18.5. The quantitative estimate of drug-likeness (QED) is 0.703. The summed E-state index contributed by atoms with van der Waals surface area (Å²) in [5.74, 6) is 0.877. The van der Waals surface area contributed by atoms with Crippen LogP contribution in [0.2, 0.25) is 0 Å². The van der Waals surface area contributed by atoms with Crippen molar-refractivity contribution in [3.63, 3.8) is 0 Å². The van der Waals surface area contributed by atoms with Crippen LogP contribution in [0.5, 0.6) is 5.75 Å². The monoisotopic (exact) mass is 428 g/mol. The number of carbonyl (C=O) groups excluding carboxylic acids is 1. The van der Waals surface area contributed by atoms with Gasteiger partial charge in [0.2, 0.25) is 0 Å². The maximum Gasteiger partial charge on any atom is 0.315 e. The topological polar surface area (TPSA) is 56.8 Å². The van der Waals surface area contributed by atoms with E-state index in [1.54, 1.807) is 18.4 Å². The molecule has 7 heteroatoms. The Bertz CT molecular complexity index is 782. The standard InChI is InChI=1S/C23H32N4O2S/c1-29-20-8-6-19(7-9-20)26-14-10-18(11-15-26)25-23(28)24-17-21(22-5-4-16-30-22)27-12-2-3-13-27/h4-9,16,18,21H,2-3,10-15,17H2,1H3,(H2,24,25,28). The van der Waals surface area contributed by atoms with Crippen molar-refractivity contribution in [2.45, 2.75) is 37.8 Å². The number of piperidine rings is 1. The van der Waals surface area contributed by atoms with Crippen molar-refractivity contribution >= 4 is 23.1 Å². The Morgan fingerprint density at radius 2 is 1.87 bits per heavy atom. The summed E-state index contributed by atoms with van der Waals surface area (Å²) in [5, 5.41) is 8.45. The third kappa shape index (κ3) is 5.26. The van der Waals surface area contributed by atoms with Crippen molar-refractivity contribution in [1.82, 2.24) is 15.5 Å². The number of amides is 2. The Morgan fingerprint density at radius 3 is 2.50 bits per heavy atom. The SMILES string of the molecule is COc1ccc(N2CCC(NC(=O)NCC(c3cccs3)N3CCCC3)CC2)cc1. The van der Waals surface area contributed by atoms with Gasteiger partial charge in [0.15, 0.2) is 0 Å². The minimum absolute atomic E-state index is 0.0429. The number of likely N-dealkylation sites (tertiary alicyclic amines) is 1. The summed E-state index contributed by atoms with van der Waals surface area (Å²) in [6, 6.07) is 12.9. The number of carbonyl (C=O) groups is 1. The normalized spacial score (nSPS) is 18.9. The molecule has 30 heavy (non-hydrogen) atoms. The first-order chi connectivity index (χ1) is 14.7. The molecule has 1 aromatic heterocycles. The predicted octanol–water partition coefficient (Wildman–Crippen LogP) is 3.86. The van der Waals surface area contributed by atoms with Crippen molar-refractivity contribution in [3.05, 3.63) is 46.7 Å². The van der Waals surface area contributed by atoms with E-state index in [1.165, 1.54) is 23.4 Å². The average molecular weight is 429 g/mol. The first kappa shape index (κ1) is 21.0. The maximum absolute atomic E-state index is 12.6. The molecule has 2 fully saturated rings. The molecule has 0 bridgehead atoms. The summed E-state index contributed by atoms with van der Waals surface area (Å²) in [7, 11) is 1.69. The van der Waals surface area contributed by atoms with Crippen molar-refractivity contribution in [3.8, 4) is 5.75 Å². The summed E-state index contributed by atoms with van der Waals surface area (Å²) >= 11 is 1.78. The lowest BCUT2D eigenvalue weighted by molar-refractivity contribution is 0.218. The van der Waals surface area contributed by atoms with Gasteiger partial charge in [-0.1, -0.05) is 6.07 Å². The molecule has 6 nitrogen and oxygen atoms in total. The van der Waals surface area contributed by atoms with Gasteiger partial charge < -0.3 is 20.3 Å². The molecule has 4 rings (SSSR count). The van der Waals surface area contributed by atoms with Crippen molar-refractivity contribution in [2.75, 3.05) is 44.7 Å². The summed E-state index contributed by atoms with van der Waals surface area (Å²) in [4.78, 5) is 18.8. The Kier molecular flexibility index (Phi) is 7.12. The van der Waals surface area contributed by atoms with Crippen LogP contribution in [0.15, 0.2) is 41.8 Å². The van der Waals surface area contributed by atoms with Crippen molar-refractivity contribution < 1.29 is 9.53 Å². The van der Waals surface area contributed by atoms with Gasteiger partial charge in [-0.2, -0.15) is 0 Å². The summed E-state index contributed by atoms with van der Waals surface area (Å²) < 4.78 is 5.24. The fourth-order valence-corrected chi connectivity index (χ4v) is 5.31. The number of hydrogen-bond donors (Lipinski definition) is 2. The average Bonchev–Trinajstić information content (AvgIpc) is 3.50. The minimum Gasteiger partial charge on any atom is -0.497 e. The zero-order valence-electron chi connectivity index (χ0n) is 17.7. The third-order valence-electron chi connectivity index (χ3n) is 6.18. The zero-order chi connectivity index (χ0) is 20.8. The Hall–Kier alpha value is -2.25. The van der Waals surface area contributed by atoms with E-state index in [0.717, 1.165) is 44.8 Å². The molecule has 2 aliphatic rings. The smallest absolute Gasteiger partial charge is 0.315 e. The molecule has 2 N–H and O–H groups in total. The largest absolute Gasteiger partial charge is 0.497 e. The van der Waals surface area contributed by atoms with E-state index in [1.807, 2.05) is 12.1 Å². The van der Waals surface area contributed by atoms with Gasteiger partial charge in [0, 0.05) is 36.2 Å². The molecule has 1 aromatic carbocycles. The summed E-state index contributed by atoms with van der Waals surface area (Å²) in [6.07, 6.45) is 4.42. The van der Waals surface area contributed by atoms with Gasteiger partial charge in [0.25, 0.3) is 0 Å². The number of rotatable bonds is 7. The Balaban J connectivity index is 1.23. The number of hydrogen-bond acceptors (Lipinski definition) is 5. The van der Waals surface area contributed by atoms with Crippen LogP contribution in [0.25, 0.3) is 0 Å². The number of methoxy groups -OCH3 is 1. The molecule has 2 aromatic rings. The van der Waals surface area contributed by atoms with Crippen LogP contribution < -0.4 is 20.3 Å². The number of ether oxygens (including phenoxy) is 1. The second kappa shape index (κ2) is 10.2. The molecule has 1 atom stereocenters. The maximum atomic E-state index is 12.6. The number of anilines is 1. The molecule has 2 aliphatic heterocycles. The van der Waals surface area contributed by atoms with E-state index in [4.69, 9.17) is 4.74 Å². The highest BCUT2D eigenvalue weighted by Gasteiger charge is 2.26. The first-order valence-corrected chi connectivity index (χ1v) is 11.8. The van der Waals surface area contributed by atoms with E-state index in [9.17, 15) is 4.79 Å². The number of nitrogens with zero attached hydrogens (tertiary/aromatic N) is 2. The molecule has 3 heterocycles. The minimum atomic E-state index is -0.0429. The second-order valence-corrected chi connectivity index (χ2v) is 9.07. The van der Waals surface area contributed by atoms with Crippen LogP contribution in [0.3, 0.4) is 0 Å². The van der Waals surface area contributed by atoms with Crippen molar-refractivity contribution in [1.29, 1.82) is 0 Å². The Morgan fingerprint density at radius 1 is 1.13 bits per heavy atom. The van der Waals surface area contributed by atoms with Gasteiger partial charge >= 0.3 is 6.03 Å². The lowest BCUT2D eigenvalue weighted by Crippen LogP contribution is -2.49. The highest BCUT2D eigenvalue weighted by Crippen LogP contribution is 2.28. The molecule has 1 unspecified atom stereocenters. The lowest BCUT2D eigenvalue weighted by atomic mass is 10.0. The Labute approximate surface area is 183 Å². The highest BCUT2D eigenvalue weighted by atomic mass is 32.1. The number of benzene rings is 1. The molecule has 0 spiro atoms. The van der Waals surface area contributed by atoms with E-state index in [-0.39, 0.29) is 18.1 Å². The highest BCUT2D eigenvalue weighted by molar-refractivity contribution is 7.10. The van der Waals surface area contributed by atoms with Gasteiger partial charge in [0.1, 0.15) is 5.75 Å². The van der Waals surface area contributed by atoms with E-state index in [0.29, 0.717) is 6.54 Å². The lowest BCUT2D eigenvalue weighted by Gasteiger charge is -2.34. The number of nitrogens with one attached hydrogen (secondary N) is 2. The van der Waals surface area contributed by atoms with Gasteiger partial charge in [0.05, 0.1) is 13.2 Å². The van der Waals surface area contributed by atoms with Crippen LogP contribution in [0, 0.1) is 0 Å². The van der Waals surface area contributed by atoms with E-state index < -0.39 is 0 Å². The summed E-state index contributed by atoms with van der Waals surface area (Å²) in [6.45, 7) is 4.80. The summed E-state index contributed by atoms with van der Waals surface area (Å²) in [5.41, 5.74) is 1.21. The fraction of sp³-hybridized carbons (Fsp3) is 0.522. The third-order valence-corrected chi connectivity index (χ3v) is 7.15. The van der Waals surface area contributed by atoms with Crippen molar-refractivity contribution in [2.24, 2.45) is 0 Å². The number of urea groups is 1. The van der Waals surface area contributed by atoms with Gasteiger partial charge in [-0.25, -0.2) is 4.79 Å². The molecule has 0 aliphatic carbocycles. The fourth-order valence-electron chi connectivity index (χ4n) is 4.44. The van der Waals surface area contributed by atoms with E-state index in [2.05, 4.69) is 50.1 Å². The van der Waals surface area contributed by atoms with Crippen LogP contribution in [-0.2, 0) is 0 Å². The first-order valence-electron chi connectivity index (χ1n) is 10.9. The van der Waals surface area contributed by atoms with Crippen LogP contribution in [-0.4, -0.2) is 56.8 Å².